The summed E-state index contributed by atoms with van der Waals surface area (Å²) in [4.78, 5) is 16.8. The second kappa shape index (κ2) is 6.40. The number of alkyl halides is 1. The molecule has 124 valence electrons. The normalized spacial score (nSPS) is 18.1. The Labute approximate surface area is 140 Å². The summed E-state index contributed by atoms with van der Waals surface area (Å²) < 4.78 is 13.1. The van der Waals surface area contributed by atoms with Gasteiger partial charge in [-0.3, -0.25) is 0 Å². The number of aromatic amines is 1. The lowest BCUT2D eigenvalue weighted by molar-refractivity contribution is 0.204. The molecule has 23 heavy (non-hydrogen) atoms. The topological polar surface area (TPSA) is 48.1 Å². The van der Waals surface area contributed by atoms with Gasteiger partial charge in [0.25, 0.3) is 0 Å². The van der Waals surface area contributed by atoms with Crippen molar-refractivity contribution < 1.29 is 9.18 Å². The monoisotopic (exact) mass is 337 g/mol. The maximum Gasteiger partial charge on any atom is 0.317 e. The molecule has 0 radical (unpaired) electrons. The van der Waals surface area contributed by atoms with E-state index in [0.717, 1.165) is 27.2 Å². The molecule has 2 aromatic rings. The third-order valence-electron chi connectivity index (χ3n) is 4.26. The Morgan fingerprint density at radius 1 is 1.48 bits per heavy atom. The standard InChI is InChI=1S/C17H21ClFN3O/c1-10(2)14-7-16-11(6-15(14)18)5-13(21-16)8-20-17(23)22-4-3-12(19)9-22/h5-7,10,12,21H,3-4,8-9H2,1-2H3,(H,20,23). The molecular weight excluding hydrogens is 317 g/mol. The van der Waals surface area contributed by atoms with Crippen molar-refractivity contribution in [3.8, 4) is 0 Å². The third-order valence-corrected chi connectivity index (χ3v) is 4.59. The summed E-state index contributed by atoms with van der Waals surface area (Å²) in [6.45, 7) is 5.26. The van der Waals surface area contributed by atoms with Crippen molar-refractivity contribution in [2.75, 3.05) is 13.1 Å². The average molecular weight is 338 g/mol. The smallest absolute Gasteiger partial charge is 0.317 e. The lowest BCUT2D eigenvalue weighted by atomic mass is 10.0. The summed E-state index contributed by atoms with van der Waals surface area (Å²) in [5.74, 6) is 0.349. The molecule has 2 heterocycles. The van der Waals surface area contributed by atoms with Crippen molar-refractivity contribution >= 4 is 28.5 Å². The SMILES string of the molecule is CC(C)c1cc2[nH]c(CNC(=O)N3CCC(F)C3)cc2cc1Cl. The summed E-state index contributed by atoms with van der Waals surface area (Å²) in [6, 6.07) is 5.77. The van der Waals surface area contributed by atoms with Gasteiger partial charge < -0.3 is 15.2 Å². The first-order valence-electron chi connectivity index (χ1n) is 7.92. The van der Waals surface area contributed by atoms with Crippen LogP contribution in [0.1, 0.15) is 37.4 Å². The van der Waals surface area contributed by atoms with Crippen LogP contribution < -0.4 is 5.32 Å². The molecule has 6 heteroatoms. The molecule has 1 aromatic carbocycles. The van der Waals surface area contributed by atoms with E-state index in [2.05, 4.69) is 30.2 Å². The van der Waals surface area contributed by atoms with Gasteiger partial charge in [-0.15, -0.1) is 0 Å². The van der Waals surface area contributed by atoms with Crippen LogP contribution in [0.3, 0.4) is 0 Å². The summed E-state index contributed by atoms with van der Waals surface area (Å²) in [5.41, 5.74) is 3.01. The maximum atomic E-state index is 13.1. The molecule has 1 fully saturated rings. The van der Waals surface area contributed by atoms with Gasteiger partial charge in [0, 0.05) is 28.2 Å². The van der Waals surface area contributed by atoms with E-state index in [1.165, 1.54) is 4.90 Å². The number of halogens is 2. The number of urea groups is 1. The largest absolute Gasteiger partial charge is 0.357 e. The number of aromatic nitrogens is 1. The number of benzene rings is 1. The van der Waals surface area contributed by atoms with Gasteiger partial charge in [0.1, 0.15) is 6.17 Å². The van der Waals surface area contributed by atoms with Crippen molar-refractivity contribution in [3.63, 3.8) is 0 Å². The molecule has 1 aliphatic rings. The van der Waals surface area contributed by atoms with Gasteiger partial charge in [-0.05, 0) is 36.1 Å². The Kier molecular flexibility index (Phi) is 4.48. The van der Waals surface area contributed by atoms with Crippen LogP contribution in [0.15, 0.2) is 18.2 Å². The molecule has 0 aliphatic carbocycles. The number of hydrogen-bond donors (Lipinski definition) is 2. The number of nitrogens with one attached hydrogen (secondary N) is 2. The predicted octanol–water partition coefficient (Wildman–Crippen LogP) is 4.20. The minimum absolute atomic E-state index is 0.186. The fraction of sp³-hybridized carbons (Fsp3) is 0.471. The Hall–Kier alpha value is -1.75. The van der Waals surface area contributed by atoms with E-state index >= 15 is 0 Å². The van der Waals surface area contributed by atoms with Gasteiger partial charge >= 0.3 is 6.03 Å². The molecule has 0 saturated carbocycles. The molecule has 2 N–H and O–H groups in total. The molecule has 1 saturated heterocycles. The van der Waals surface area contributed by atoms with E-state index in [1.54, 1.807) is 0 Å². The van der Waals surface area contributed by atoms with Crippen molar-refractivity contribution in [2.24, 2.45) is 0 Å². The number of nitrogens with zero attached hydrogens (tertiary/aromatic N) is 1. The first-order chi connectivity index (χ1) is 10.9. The molecule has 1 unspecified atom stereocenters. The summed E-state index contributed by atoms with van der Waals surface area (Å²) >= 11 is 6.31. The zero-order chi connectivity index (χ0) is 16.6. The van der Waals surface area contributed by atoms with E-state index in [-0.39, 0.29) is 12.6 Å². The molecule has 1 atom stereocenters. The van der Waals surface area contributed by atoms with Crippen LogP contribution in [0.2, 0.25) is 5.02 Å². The van der Waals surface area contributed by atoms with Gasteiger partial charge in [0.05, 0.1) is 13.1 Å². The fourth-order valence-electron chi connectivity index (χ4n) is 2.95. The van der Waals surface area contributed by atoms with E-state index in [4.69, 9.17) is 11.6 Å². The van der Waals surface area contributed by atoms with Gasteiger partial charge in [0.2, 0.25) is 0 Å². The zero-order valence-electron chi connectivity index (χ0n) is 13.3. The lowest BCUT2D eigenvalue weighted by Crippen LogP contribution is -2.38. The van der Waals surface area contributed by atoms with Crippen molar-refractivity contribution in [1.29, 1.82) is 0 Å². The van der Waals surface area contributed by atoms with Crippen LogP contribution in [0.5, 0.6) is 0 Å². The summed E-state index contributed by atoms with van der Waals surface area (Å²) in [6.07, 6.45) is -0.471. The second-order valence-electron chi connectivity index (χ2n) is 6.40. The average Bonchev–Trinajstić information content (AvgIpc) is 3.09. The van der Waals surface area contributed by atoms with E-state index in [0.29, 0.717) is 25.4 Å². The minimum Gasteiger partial charge on any atom is -0.357 e. The highest BCUT2D eigenvalue weighted by Crippen LogP contribution is 2.29. The van der Waals surface area contributed by atoms with Crippen LogP contribution in [0, 0.1) is 0 Å². The van der Waals surface area contributed by atoms with Crippen molar-refractivity contribution in [2.45, 2.75) is 38.9 Å². The Morgan fingerprint density at radius 2 is 2.26 bits per heavy atom. The van der Waals surface area contributed by atoms with Gasteiger partial charge in [-0.2, -0.15) is 0 Å². The number of amides is 2. The fourth-order valence-corrected chi connectivity index (χ4v) is 3.34. The molecule has 1 aliphatic heterocycles. The van der Waals surface area contributed by atoms with Crippen molar-refractivity contribution in [1.82, 2.24) is 15.2 Å². The number of carbonyl (C=O) groups excluding carboxylic acids is 1. The van der Waals surface area contributed by atoms with Gasteiger partial charge in [0.15, 0.2) is 0 Å². The van der Waals surface area contributed by atoms with E-state index < -0.39 is 6.17 Å². The van der Waals surface area contributed by atoms with Crippen molar-refractivity contribution in [3.05, 3.63) is 34.5 Å². The molecule has 1 aromatic heterocycles. The van der Waals surface area contributed by atoms with Gasteiger partial charge in [-0.25, -0.2) is 9.18 Å². The predicted molar refractivity (Wildman–Crippen MR) is 90.7 cm³/mol. The minimum atomic E-state index is -0.898. The Bertz CT molecular complexity index is 728. The lowest BCUT2D eigenvalue weighted by Gasteiger charge is -2.15. The number of hydrogen-bond acceptors (Lipinski definition) is 1. The van der Waals surface area contributed by atoms with Crippen LogP contribution in [0.25, 0.3) is 10.9 Å². The third kappa shape index (κ3) is 3.44. The molecule has 2 amide bonds. The van der Waals surface area contributed by atoms with Gasteiger partial charge in [-0.1, -0.05) is 25.4 Å². The van der Waals surface area contributed by atoms with Crippen LogP contribution >= 0.6 is 11.6 Å². The number of carbonyl (C=O) groups is 1. The summed E-state index contributed by atoms with van der Waals surface area (Å²) in [5, 5.41) is 4.61. The highest BCUT2D eigenvalue weighted by molar-refractivity contribution is 6.32. The highest BCUT2D eigenvalue weighted by Gasteiger charge is 2.25. The molecule has 3 rings (SSSR count). The van der Waals surface area contributed by atoms with Crippen LogP contribution in [-0.4, -0.2) is 35.2 Å². The first-order valence-corrected chi connectivity index (χ1v) is 8.29. The number of fused-ring (bicyclic) bond motifs is 1. The van der Waals surface area contributed by atoms with E-state index in [1.807, 2.05) is 12.1 Å². The number of rotatable bonds is 3. The number of likely N-dealkylation sites (tertiary alicyclic amines) is 1. The van der Waals surface area contributed by atoms with E-state index in [9.17, 15) is 9.18 Å². The number of H-pyrrole nitrogens is 1. The molecule has 0 spiro atoms. The molecule has 0 bridgehead atoms. The summed E-state index contributed by atoms with van der Waals surface area (Å²) in [7, 11) is 0. The maximum absolute atomic E-state index is 13.1. The second-order valence-corrected chi connectivity index (χ2v) is 6.81. The molecule has 4 nitrogen and oxygen atoms in total. The quantitative estimate of drug-likeness (QED) is 0.866. The highest BCUT2D eigenvalue weighted by atomic mass is 35.5. The Morgan fingerprint density at radius 3 is 2.91 bits per heavy atom. The first kappa shape index (κ1) is 16.1. The zero-order valence-corrected chi connectivity index (χ0v) is 14.1. The van der Waals surface area contributed by atoms with Crippen LogP contribution in [-0.2, 0) is 6.54 Å². The Balaban J connectivity index is 1.70. The molecular formula is C17H21ClFN3O. The van der Waals surface area contributed by atoms with Crippen LogP contribution in [0.4, 0.5) is 9.18 Å².